The molecule has 0 unspecified atom stereocenters. The van der Waals surface area contributed by atoms with Crippen LogP contribution < -0.4 is 14.5 Å². The summed E-state index contributed by atoms with van der Waals surface area (Å²) in [6.45, 7) is 4.03. The Morgan fingerprint density at radius 3 is 2.58 bits per heavy atom. The van der Waals surface area contributed by atoms with Gasteiger partial charge in [-0.3, -0.25) is 9.59 Å². The Morgan fingerprint density at radius 1 is 1.19 bits per heavy atom. The minimum absolute atomic E-state index is 0.0307. The maximum absolute atomic E-state index is 13.2. The van der Waals surface area contributed by atoms with E-state index in [9.17, 15) is 14.0 Å². The second kappa shape index (κ2) is 7.56. The zero-order valence-corrected chi connectivity index (χ0v) is 14.8. The number of hydrogen-bond acceptors (Lipinski definition) is 3. The molecule has 2 aromatic carbocycles. The summed E-state index contributed by atoms with van der Waals surface area (Å²) in [6, 6.07) is 13.0. The highest BCUT2D eigenvalue weighted by molar-refractivity contribution is 5.99. The fourth-order valence-electron chi connectivity index (χ4n) is 3.06. The van der Waals surface area contributed by atoms with Crippen LogP contribution in [0.15, 0.2) is 48.5 Å². The van der Waals surface area contributed by atoms with Gasteiger partial charge in [-0.05, 0) is 50.2 Å². The van der Waals surface area contributed by atoms with Crippen molar-refractivity contribution < 1.29 is 18.7 Å². The van der Waals surface area contributed by atoms with Crippen LogP contribution in [-0.4, -0.2) is 31.0 Å². The van der Waals surface area contributed by atoms with Crippen LogP contribution in [0.2, 0.25) is 0 Å². The molecule has 0 bridgehead atoms. The third-order valence-corrected chi connectivity index (χ3v) is 4.25. The standard InChI is InChI=1S/C20H21FN2O3/c1-14(2)23(16-9-7-15(21)8-10-16)19(24)11-12-22-17-5-3-4-6-18(17)26-13-20(22)25/h3-10,14H,11-13H2,1-2H3. The quantitative estimate of drug-likeness (QED) is 0.825. The lowest BCUT2D eigenvalue weighted by Gasteiger charge is -2.31. The van der Waals surface area contributed by atoms with Gasteiger partial charge in [-0.1, -0.05) is 12.1 Å². The first-order valence-corrected chi connectivity index (χ1v) is 8.57. The fraction of sp³-hybridized carbons (Fsp3) is 0.300. The van der Waals surface area contributed by atoms with Gasteiger partial charge in [0.25, 0.3) is 5.91 Å². The predicted molar refractivity (Wildman–Crippen MR) is 97.9 cm³/mol. The zero-order valence-electron chi connectivity index (χ0n) is 14.8. The normalized spacial score (nSPS) is 13.4. The number of anilines is 2. The molecule has 0 fully saturated rings. The number of benzene rings is 2. The first-order chi connectivity index (χ1) is 12.5. The van der Waals surface area contributed by atoms with Gasteiger partial charge in [-0.2, -0.15) is 0 Å². The van der Waals surface area contributed by atoms with Gasteiger partial charge in [-0.15, -0.1) is 0 Å². The lowest BCUT2D eigenvalue weighted by Crippen LogP contribution is -2.43. The van der Waals surface area contributed by atoms with E-state index in [-0.39, 0.29) is 43.2 Å². The van der Waals surface area contributed by atoms with Gasteiger partial charge in [0, 0.05) is 24.7 Å². The van der Waals surface area contributed by atoms with Gasteiger partial charge in [0.05, 0.1) is 5.69 Å². The maximum Gasteiger partial charge on any atom is 0.265 e. The summed E-state index contributed by atoms with van der Waals surface area (Å²) in [5.74, 6) is -0.00279. The van der Waals surface area contributed by atoms with Crippen LogP contribution in [-0.2, 0) is 9.59 Å². The minimum atomic E-state index is -0.347. The van der Waals surface area contributed by atoms with Crippen molar-refractivity contribution in [3.8, 4) is 5.75 Å². The second-order valence-electron chi connectivity index (χ2n) is 6.39. The predicted octanol–water partition coefficient (Wildman–Crippen LogP) is 3.38. The first-order valence-electron chi connectivity index (χ1n) is 8.57. The van der Waals surface area contributed by atoms with Gasteiger partial charge in [0.1, 0.15) is 11.6 Å². The number of amides is 2. The Kier molecular flexibility index (Phi) is 5.21. The molecule has 0 spiro atoms. The number of fused-ring (bicyclic) bond motifs is 1. The number of carbonyl (C=O) groups excluding carboxylic acids is 2. The number of carbonyl (C=O) groups is 2. The number of nitrogens with zero attached hydrogens (tertiary/aromatic N) is 2. The molecule has 0 N–H and O–H groups in total. The Labute approximate surface area is 152 Å². The fourth-order valence-corrected chi connectivity index (χ4v) is 3.06. The van der Waals surface area contributed by atoms with Gasteiger partial charge in [-0.25, -0.2) is 4.39 Å². The molecule has 0 radical (unpaired) electrons. The Balaban J connectivity index is 1.74. The molecule has 136 valence electrons. The molecular formula is C20H21FN2O3. The van der Waals surface area contributed by atoms with E-state index in [1.807, 2.05) is 26.0 Å². The summed E-state index contributed by atoms with van der Waals surface area (Å²) in [4.78, 5) is 28.2. The van der Waals surface area contributed by atoms with Gasteiger partial charge in [0.2, 0.25) is 5.91 Å². The largest absolute Gasteiger partial charge is 0.482 e. The highest BCUT2D eigenvalue weighted by Crippen LogP contribution is 2.31. The van der Waals surface area contributed by atoms with E-state index in [2.05, 4.69) is 0 Å². The monoisotopic (exact) mass is 356 g/mol. The van der Waals surface area contributed by atoms with Crippen molar-refractivity contribution in [2.45, 2.75) is 26.3 Å². The molecule has 5 nitrogen and oxygen atoms in total. The lowest BCUT2D eigenvalue weighted by molar-refractivity contribution is -0.121. The molecule has 1 aliphatic heterocycles. The van der Waals surface area contributed by atoms with Crippen LogP contribution in [0.25, 0.3) is 0 Å². The van der Waals surface area contributed by atoms with Crippen LogP contribution in [0.5, 0.6) is 5.75 Å². The molecule has 0 saturated carbocycles. The van der Waals surface area contributed by atoms with Crippen LogP contribution in [0.3, 0.4) is 0 Å². The van der Waals surface area contributed by atoms with Crippen molar-refractivity contribution >= 4 is 23.2 Å². The average Bonchev–Trinajstić information content (AvgIpc) is 2.62. The molecule has 26 heavy (non-hydrogen) atoms. The van der Waals surface area contributed by atoms with Gasteiger partial charge in [0.15, 0.2) is 6.61 Å². The molecule has 1 aliphatic rings. The average molecular weight is 356 g/mol. The van der Waals surface area contributed by atoms with E-state index in [4.69, 9.17) is 4.74 Å². The third kappa shape index (κ3) is 3.69. The van der Waals surface area contributed by atoms with Crippen molar-refractivity contribution in [3.63, 3.8) is 0 Å². The van der Waals surface area contributed by atoms with Crippen molar-refractivity contribution in [2.24, 2.45) is 0 Å². The maximum atomic E-state index is 13.2. The topological polar surface area (TPSA) is 49.9 Å². The van der Waals surface area contributed by atoms with Crippen molar-refractivity contribution in [2.75, 3.05) is 23.0 Å². The van der Waals surface area contributed by atoms with E-state index in [1.54, 1.807) is 34.1 Å². The molecule has 2 aromatic rings. The number of rotatable bonds is 5. The zero-order chi connectivity index (χ0) is 18.7. The van der Waals surface area contributed by atoms with Crippen molar-refractivity contribution in [1.82, 2.24) is 0 Å². The Hall–Kier alpha value is -2.89. The summed E-state index contributed by atoms with van der Waals surface area (Å²) in [6.07, 6.45) is 0.162. The third-order valence-electron chi connectivity index (χ3n) is 4.25. The molecular weight excluding hydrogens is 335 g/mol. The van der Waals surface area contributed by atoms with Crippen molar-refractivity contribution in [3.05, 3.63) is 54.3 Å². The highest BCUT2D eigenvalue weighted by atomic mass is 19.1. The van der Waals surface area contributed by atoms with Crippen LogP contribution in [0, 0.1) is 5.82 Å². The molecule has 0 aromatic heterocycles. The van der Waals surface area contributed by atoms with Gasteiger partial charge >= 0.3 is 0 Å². The summed E-state index contributed by atoms with van der Waals surface area (Å²) in [5.41, 5.74) is 1.31. The molecule has 6 heteroatoms. The number of para-hydroxylation sites is 2. The first kappa shape index (κ1) is 17.9. The summed E-state index contributed by atoms with van der Waals surface area (Å²) in [5, 5.41) is 0. The summed E-state index contributed by atoms with van der Waals surface area (Å²) < 4.78 is 18.6. The van der Waals surface area contributed by atoms with Gasteiger partial charge < -0.3 is 14.5 Å². The van der Waals surface area contributed by atoms with E-state index >= 15 is 0 Å². The molecule has 2 amide bonds. The van der Waals surface area contributed by atoms with E-state index in [0.29, 0.717) is 17.1 Å². The number of halogens is 1. The summed E-state index contributed by atoms with van der Waals surface area (Å²) >= 11 is 0. The smallest absolute Gasteiger partial charge is 0.265 e. The highest BCUT2D eigenvalue weighted by Gasteiger charge is 2.27. The molecule has 0 saturated heterocycles. The Bertz CT molecular complexity index is 805. The van der Waals surface area contributed by atoms with E-state index in [0.717, 1.165) is 0 Å². The van der Waals surface area contributed by atoms with E-state index < -0.39 is 0 Å². The molecule has 3 rings (SSSR count). The SMILES string of the molecule is CC(C)N(C(=O)CCN1C(=O)COc2ccccc21)c1ccc(F)cc1. The molecule has 0 aliphatic carbocycles. The van der Waals surface area contributed by atoms with Crippen LogP contribution in [0.1, 0.15) is 20.3 Å². The second-order valence-corrected chi connectivity index (χ2v) is 6.39. The lowest BCUT2D eigenvalue weighted by atomic mass is 10.2. The number of hydrogen-bond donors (Lipinski definition) is 0. The Morgan fingerprint density at radius 2 is 1.88 bits per heavy atom. The van der Waals surface area contributed by atoms with Crippen molar-refractivity contribution in [1.29, 1.82) is 0 Å². The molecule has 1 heterocycles. The number of ether oxygens (including phenoxy) is 1. The van der Waals surface area contributed by atoms with E-state index in [1.165, 1.54) is 12.1 Å². The summed E-state index contributed by atoms with van der Waals surface area (Å²) in [7, 11) is 0. The minimum Gasteiger partial charge on any atom is -0.482 e. The van der Waals surface area contributed by atoms with Crippen LogP contribution >= 0.6 is 0 Å². The molecule has 0 atom stereocenters. The van der Waals surface area contributed by atoms with Crippen LogP contribution in [0.4, 0.5) is 15.8 Å².